The molecule has 10 heteroatoms. The zero-order valence-electron chi connectivity index (χ0n) is 13.8. The molecule has 0 atom stereocenters. The lowest BCUT2D eigenvalue weighted by Crippen LogP contribution is -2.35. The first-order valence-corrected chi connectivity index (χ1v) is 7.42. The van der Waals surface area contributed by atoms with Crippen molar-refractivity contribution in [1.29, 1.82) is 0 Å². The third kappa shape index (κ3) is 5.82. The topological polar surface area (TPSA) is 137 Å². The summed E-state index contributed by atoms with van der Waals surface area (Å²) in [6.45, 7) is 4.74. The van der Waals surface area contributed by atoms with Gasteiger partial charge in [0, 0.05) is 30.3 Å². The van der Waals surface area contributed by atoms with Crippen molar-refractivity contribution < 1.29 is 32.7 Å². The highest BCUT2D eigenvalue weighted by Gasteiger charge is 2.12. The number of hydrogen-bond acceptors (Lipinski definition) is 9. The lowest BCUT2D eigenvalue weighted by atomic mass is 10.2. The first kappa shape index (κ1) is 18.8. The molecule has 0 saturated carbocycles. The smallest absolute Gasteiger partial charge is 0.462 e. The number of carbonyl (C=O) groups excluding carboxylic acids is 3. The highest BCUT2D eigenvalue weighted by atomic mass is 16.6. The number of hydrogen-bond donors (Lipinski definition) is 2. The maximum atomic E-state index is 11.5. The van der Waals surface area contributed by atoms with Crippen LogP contribution in [0.15, 0.2) is 50.0 Å². The minimum atomic E-state index is -0.892. The summed E-state index contributed by atoms with van der Waals surface area (Å²) in [5, 5.41) is 5.27. The number of rotatable bonds is 7. The van der Waals surface area contributed by atoms with E-state index in [1.165, 1.54) is 13.0 Å². The summed E-state index contributed by atoms with van der Waals surface area (Å²) < 4.78 is 19.0. The van der Waals surface area contributed by atoms with E-state index in [9.17, 15) is 19.2 Å². The van der Waals surface area contributed by atoms with Crippen LogP contribution >= 0.6 is 0 Å². The van der Waals surface area contributed by atoms with E-state index in [0.717, 1.165) is 12.2 Å². The first-order chi connectivity index (χ1) is 12.3. The minimum Gasteiger partial charge on any atom is -0.462 e. The van der Waals surface area contributed by atoms with Gasteiger partial charge in [-0.05, 0) is 6.92 Å². The molecule has 0 spiro atoms. The van der Waals surface area contributed by atoms with Crippen molar-refractivity contribution in [3.8, 4) is 0 Å². The van der Waals surface area contributed by atoms with Gasteiger partial charge in [0.2, 0.25) is 0 Å². The van der Waals surface area contributed by atoms with Crippen LogP contribution in [0.5, 0.6) is 0 Å². The van der Waals surface area contributed by atoms with E-state index in [1.54, 1.807) is 0 Å². The zero-order chi connectivity index (χ0) is 19.1. The van der Waals surface area contributed by atoms with Crippen LogP contribution in [0.25, 0.3) is 0 Å². The molecular weight excluding hydrogens is 348 g/mol. The van der Waals surface area contributed by atoms with Crippen molar-refractivity contribution in [3.63, 3.8) is 0 Å². The number of nitrogens with one attached hydrogen (secondary N) is 2. The number of ether oxygens (including phenoxy) is 2. The number of carbonyl (C=O) groups is 3. The second kappa shape index (κ2) is 8.51. The normalized spacial score (nSPS) is 13.8. The van der Waals surface area contributed by atoms with Crippen LogP contribution in [0.4, 0.5) is 0 Å². The molecule has 1 aromatic heterocycles. The maximum absolute atomic E-state index is 11.5. The van der Waals surface area contributed by atoms with Crippen LogP contribution in [0, 0.1) is 6.92 Å². The van der Waals surface area contributed by atoms with E-state index < -0.39 is 17.8 Å². The van der Waals surface area contributed by atoms with Crippen molar-refractivity contribution in [1.82, 2.24) is 10.6 Å². The van der Waals surface area contributed by atoms with Crippen molar-refractivity contribution in [2.75, 3.05) is 6.61 Å². The fraction of sp³-hybridized carbons (Fsp3) is 0.250. The molecule has 10 nitrogen and oxygen atoms in total. The monoisotopic (exact) mass is 364 g/mol. The van der Waals surface area contributed by atoms with Crippen LogP contribution < -0.4 is 16.5 Å². The van der Waals surface area contributed by atoms with Crippen molar-refractivity contribution in [3.05, 3.63) is 58.5 Å². The maximum Gasteiger partial charge on any atom is 0.519 e. The molecule has 0 saturated heterocycles. The van der Waals surface area contributed by atoms with Crippen molar-refractivity contribution >= 4 is 17.8 Å². The molecule has 0 bridgehead atoms. The predicted molar refractivity (Wildman–Crippen MR) is 85.0 cm³/mol. The number of aryl methyl sites for hydroxylation is 1. The van der Waals surface area contributed by atoms with Gasteiger partial charge in [0.1, 0.15) is 5.82 Å². The Bertz CT molecular complexity index is 843. The van der Waals surface area contributed by atoms with Crippen LogP contribution in [0.3, 0.4) is 0 Å². The second-order valence-corrected chi connectivity index (χ2v) is 5.05. The van der Waals surface area contributed by atoms with Gasteiger partial charge in [-0.15, -0.1) is 0 Å². The van der Waals surface area contributed by atoms with Gasteiger partial charge in [-0.2, -0.15) is 0 Å². The Labute approximate surface area is 147 Å². The Morgan fingerprint density at radius 1 is 1.15 bits per heavy atom. The Morgan fingerprint density at radius 2 is 1.85 bits per heavy atom. The molecule has 26 heavy (non-hydrogen) atoms. The van der Waals surface area contributed by atoms with Gasteiger partial charge < -0.3 is 28.9 Å². The largest absolute Gasteiger partial charge is 0.519 e. The summed E-state index contributed by atoms with van der Waals surface area (Å²) >= 11 is 0. The quantitative estimate of drug-likeness (QED) is 0.511. The van der Waals surface area contributed by atoms with E-state index in [0.29, 0.717) is 11.5 Å². The Hall–Kier alpha value is -3.56. The number of amides is 1. The Morgan fingerprint density at radius 3 is 2.46 bits per heavy atom. The van der Waals surface area contributed by atoms with Gasteiger partial charge in [0.05, 0.1) is 6.61 Å². The molecule has 2 rings (SSSR count). The van der Waals surface area contributed by atoms with Crippen LogP contribution in [-0.4, -0.2) is 24.5 Å². The molecule has 2 N–H and O–H groups in total. The Kier molecular flexibility index (Phi) is 6.15. The fourth-order valence-electron chi connectivity index (χ4n) is 1.88. The van der Waals surface area contributed by atoms with Gasteiger partial charge in [0.15, 0.2) is 18.1 Å². The van der Waals surface area contributed by atoms with Gasteiger partial charge in [0.25, 0.3) is 5.91 Å². The van der Waals surface area contributed by atoms with Gasteiger partial charge in [-0.3, -0.25) is 4.79 Å². The van der Waals surface area contributed by atoms with Crippen LogP contribution in [-0.2, 0) is 30.5 Å². The first-order valence-electron chi connectivity index (χ1n) is 7.42. The highest BCUT2D eigenvalue weighted by Crippen LogP contribution is 2.07. The molecular formula is C16H16N2O8. The molecule has 1 aliphatic heterocycles. The molecule has 0 fully saturated rings. The van der Waals surface area contributed by atoms with E-state index in [2.05, 4.69) is 26.0 Å². The molecule has 1 amide bonds. The summed E-state index contributed by atoms with van der Waals surface area (Å²) in [5.74, 6) is -2.17. The van der Waals surface area contributed by atoms with Gasteiger partial charge in [-0.1, -0.05) is 6.58 Å². The fourth-order valence-corrected chi connectivity index (χ4v) is 1.88. The van der Waals surface area contributed by atoms with E-state index in [-0.39, 0.29) is 37.1 Å². The Balaban J connectivity index is 1.70. The minimum absolute atomic E-state index is 0.00299. The van der Waals surface area contributed by atoms with E-state index in [1.807, 2.05) is 0 Å². The van der Waals surface area contributed by atoms with Crippen molar-refractivity contribution in [2.24, 2.45) is 0 Å². The zero-order valence-corrected chi connectivity index (χ0v) is 13.8. The lowest BCUT2D eigenvalue weighted by Gasteiger charge is -2.18. The van der Waals surface area contributed by atoms with Crippen molar-refractivity contribution in [2.45, 2.75) is 20.0 Å². The van der Waals surface area contributed by atoms with Gasteiger partial charge in [-0.25, -0.2) is 14.4 Å². The van der Waals surface area contributed by atoms with E-state index >= 15 is 0 Å². The average molecular weight is 364 g/mol. The van der Waals surface area contributed by atoms with E-state index in [4.69, 9.17) is 9.47 Å². The number of esters is 2. The highest BCUT2D eigenvalue weighted by molar-refractivity contribution is 5.92. The summed E-state index contributed by atoms with van der Waals surface area (Å²) in [5.41, 5.74) is 0.548. The predicted octanol–water partition coefficient (Wildman–Crippen LogP) is 0.148. The van der Waals surface area contributed by atoms with Gasteiger partial charge >= 0.3 is 17.8 Å². The molecule has 138 valence electrons. The molecule has 0 unspecified atom stereocenters. The molecule has 1 aliphatic rings. The summed E-state index contributed by atoms with van der Waals surface area (Å²) in [4.78, 5) is 45.1. The molecule has 0 aliphatic carbocycles. The lowest BCUT2D eigenvalue weighted by molar-refractivity contribution is -0.141. The summed E-state index contributed by atoms with van der Waals surface area (Å²) in [7, 11) is 0. The van der Waals surface area contributed by atoms with Crippen LogP contribution in [0.1, 0.15) is 17.9 Å². The average Bonchev–Trinajstić information content (AvgIpc) is 2.87. The summed E-state index contributed by atoms with van der Waals surface area (Å²) in [6.07, 6.45) is 3.37. The molecule has 1 aromatic rings. The second-order valence-electron chi connectivity index (χ2n) is 5.05. The molecule has 0 aromatic carbocycles. The standard InChI is InChI=1S/C16H16N2O8/c1-9-12(26-16(22)25-9)8-24-15(21)4-3-14(20)23-6-5-11-7-13(19)18-10(2)17-11/h3-4,7,17H,2,5-6,8H2,1H3,(H,18,19)/b4-3+. The summed E-state index contributed by atoms with van der Waals surface area (Å²) in [6, 6.07) is 0. The SMILES string of the molecule is C=C1NC(=O)C=C(CCOC(=O)/C=C/C(=O)OCc2oc(=O)oc2C)N1. The third-order valence-corrected chi connectivity index (χ3v) is 3.04. The molecule has 2 heterocycles. The molecule has 0 radical (unpaired) electrons. The van der Waals surface area contributed by atoms with Crippen LogP contribution in [0.2, 0.25) is 0 Å². The third-order valence-electron chi connectivity index (χ3n) is 3.04.